The lowest BCUT2D eigenvalue weighted by Crippen LogP contribution is -2.66. The summed E-state index contributed by atoms with van der Waals surface area (Å²) < 4.78 is 18.0. The average Bonchev–Trinajstić information content (AvgIpc) is 2.84. The molecule has 6 nitrogen and oxygen atoms in total. The molecule has 172 valence electrons. The van der Waals surface area contributed by atoms with E-state index in [9.17, 15) is 4.79 Å². The van der Waals surface area contributed by atoms with Crippen LogP contribution in [0.15, 0.2) is 60.7 Å². The van der Waals surface area contributed by atoms with Crippen LogP contribution in [0.5, 0.6) is 0 Å². The van der Waals surface area contributed by atoms with E-state index in [0.717, 1.165) is 41.8 Å². The number of hydrogen-bond donors (Lipinski definition) is 0. The fraction of sp³-hybridized carbons (Fsp3) is 0.500. The van der Waals surface area contributed by atoms with Crippen LogP contribution in [0.1, 0.15) is 24.8 Å². The Labute approximate surface area is 191 Å². The molecule has 5 rings (SSSR count). The Morgan fingerprint density at radius 2 is 1.66 bits per heavy atom. The topological polar surface area (TPSA) is 48.0 Å². The Morgan fingerprint density at radius 3 is 2.34 bits per heavy atom. The lowest BCUT2D eigenvalue weighted by atomic mass is 9.84. The zero-order valence-electron chi connectivity index (χ0n) is 19.0. The van der Waals surface area contributed by atoms with Gasteiger partial charge >= 0.3 is 6.09 Å². The summed E-state index contributed by atoms with van der Waals surface area (Å²) in [4.78, 5) is 15.3. The van der Waals surface area contributed by atoms with Crippen molar-refractivity contribution in [2.45, 2.75) is 32.0 Å². The Hall–Kier alpha value is -2.41. The highest BCUT2D eigenvalue weighted by Gasteiger charge is 2.49. The second-order valence-electron chi connectivity index (χ2n) is 8.92. The molecule has 0 saturated carbocycles. The number of para-hydroxylation sites is 1. The number of amides is 1. The molecule has 3 saturated heterocycles. The summed E-state index contributed by atoms with van der Waals surface area (Å²) in [6, 6.07) is 19.9. The maximum absolute atomic E-state index is 13.5. The first-order valence-corrected chi connectivity index (χ1v) is 11.7. The first-order chi connectivity index (χ1) is 15.7. The highest BCUT2D eigenvalue weighted by molar-refractivity contribution is 5.87. The molecule has 0 radical (unpaired) electrons. The molecule has 0 aromatic heterocycles. The van der Waals surface area contributed by atoms with E-state index in [1.54, 1.807) is 12.0 Å². The zero-order chi connectivity index (χ0) is 22.2. The van der Waals surface area contributed by atoms with Gasteiger partial charge in [-0.1, -0.05) is 48.5 Å². The number of rotatable bonds is 10. The van der Waals surface area contributed by atoms with Crippen LogP contribution in [0.3, 0.4) is 0 Å². The van der Waals surface area contributed by atoms with Gasteiger partial charge in [0.05, 0.1) is 39.5 Å². The van der Waals surface area contributed by atoms with Crippen molar-refractivity contribution in [1.29, 1.82) is 0 Å². The summed E-state index contributed by atoms with van der Waals surface area (Å²) >= 11 is 0. The molecule has 0 N–H and O–H groups in total. The predicted octanol–water partition coefficient (Wildman–Crippen LogP) is 4.45. The number of benzene rings is 2. The third-order valence-electron chi connectivity index (χ3n) is 6.93. The molecule has 1 atom stereocenters. The Bertz CT molecular complexity index is 837. The Kier molecular flexibility index (Phi) is 7.79. The van der Waals surface area contributed by atoms with Crippen LogP contribution in [0.4, 0.5) is 10.5 Å². The van der Waals surface area contributed by atoms with Crippen LogP contribution in [0.2, 0.25) is 0 Å². The second-order valence-corrected chi connectivity index (χ2v) is 8.92. The van der Waals surface area contributed by atoms with Crippen molar-refractivity contribution < 1.29 is 23.5 Å². The summed E-state index contributed by atoms with van der Waals surface area (Å²) in [6.07, 6.45) is 2.98. The number of carbonyl (C=O) groups excluding carboxylic acids is 1. The van der Waals surface area contributed by atoms with Gasteiger partial charge in [-0.2, -0.15) is 0 Å². The van der Waals surface area contributed by atoms with E-state index in [1.165, 1.54) is 12.8 Å². The molecule has 3 fully saturated rings. The lowest BCUT2D eigenvalue weighted by molar-refractivity contribution is -0.984. The molecule has 0 aliphatic carbocycles. The van der Waals surface area contributed by atoms with Crippen molar-refractivity contribution in [3.8, 4) is 0 Å². The number of quaternary nitrogens is 1. The molecular formula is C26H35N2O4+. The van der Waals surface area contributed by atoms with Crippen LogP contribution in [0, 0.1) is 5.92 Å². The lowest BCUT2D eigenvalue weighted by Gasteiger charge is -2.53. The normalized spacial score (nSPS) is 24.3. The quantitative estimate of drug-likeness (QED) is 0.405. The van der Waals surface area contributed by atoms with Gasteiger partial charge in [0, 0.05) is 32.1 Å². The molecule has 3 aliphatic rings. The third kappa shape index (κ3) is 5.49. The maximum Gasteiger partial charge on any atom is 0.419 e. The summed E-state index contributed by atoms with van der Waals surface area (Å²) in [5, 5.41) is 0. The van der Waals surface area contributed by atoms with Crippen molar-refractivity contribution in [1.82, 2.24) is 0 Å². The number of carbonyl (C=O) groups is 1. The zero-order valence-corrected chi connectivity index (χ0v) is 19.0. The number of piperidine rings is 3. The van der Waals surface area contributed by atoms with Gasteiger partial charge in [0.15, 0.2) is 0 Å². The molecule has 0 spiro atoms. The molecule has 6 heteroatoms. The third-order valence-corrected chi connectivity index (χ3v) is 6.93. The van der Waals surface area contributed by atoms with Crippen molar-refractivity contribution in [3.63, 3.8) is 0 Å². The molecule has 3 aliphatic heterocycles. The number of ether oxygens (including phenoxy) is 3. The minimum absolute atomic E-state index is 0.108. The van der Waals surface area contributed by atoms with Gasteiger partial charge < -0.3 is 14.2 Å². The number of methoxy groups -OCH3 is 1. The number of nitrogens with zero attached hydrogens (tertiary/aromatic N) is 2. The van der Waals surface area contributed by atoms with E-state index < -0.39 is 0 Å². The molecule has 2 aromatic rings. The van der Waals surface area contributed by atoms with Crippen molar-refractivity contribution in [2.75, 3.05) is 51.5 Å². The second kappa shape index (κ2) is 10.9. The highest BCUT2D eigenvalue weighted by atomic mass is 16.6. The largest absolute Gasteiger partial charge is 0.419 e. The van der Waals surface area contributed by atoms with Gasteiger partial charge in [-0.05, 0) is 23.6 Å². The van der Waals surface area contributed by atoms with E-state index >= 15 is 0 Å². The first kappa shape index (κ1) is 22.8. The Morgan fingerprint density at radius 1 is 0.969 bits per heavy atom. The van der Waals surface area contributed by atoms with Crippen LogP contribution < -0.4 is 4.90 Å². The minimum atomic E-state index is -0.268. The smallest absolute Gasteiger partial charge is 0.396 e. The molecule has 3 heterocycles. The molecule has 32 heavy (non-hydrogen) atoms. The maximum atomic E-state index is 13.5. The molecule has 1 amide bonds. The van der Waals surface area contributed by atoms with Gasteiger partial charge in [-0.3, -0.25) is 9.38 Å². The summed E-state index contributed by atoms with van der Waals surface area (Å²) in [5.74, 6) is 0.654. The van der Waals surface area contributed by atoms with E-state index in [-0.39, 0.29) is 12.3 Å². The van der Waals surface area contributed by atoms with Crippen molar-refractivity contribution in [2.24, 2.45) is 5.92 Å². The molecular weight excluding hydrogens is 404 g/mol. The SMILES string of the molecule is COCCOCC[N+]12CCC(CC1)CC2OC(=O)N(Cc1ccccc1)c1ccccc1. The van der Waals surface area contributed by atoms with E-state index in [2.05, 4.69) is 0 Å². The molecule has 2 bridgehead atoms. The van der Waals surface area contributed by atoms with E-state index in [0.29, 0.717) is 32.3 Å². The van der Waals surface area contributed by atoms with E-state index in [1.807, 2.05) is 60.7 Å². The summed E-state index contributed by atoms with van der Waals surface area (Å²) in [7, 11) is 1.68. The fourth-order valence-corrected chi connectivity index (χ4v) is 5.00. The van der Waals surface area contributed by atoms with Crippen LogP contribution >= 0.6 is 0 Å². The standard InChI is InChI=1S/C26H35N2O4/c1-30-18-19-31-17-16-28-14-12-22(13-15-28)20-25(28)32-26(29)27(24-10-6-3-7-11-24)21-23-8-4-2-5-9-23/h2-11,22,25H,12-21H2,1H3/q+1. The highest BCUT2D eigenvalue weighted by Crippen LogP contribution is 2.39. The minimum Gasteiger partial charge on any atom is -0.396 e. The number of anilines is 1. The van der Waals surface area contributed by atoms with Gasteiger partial charge in [0.2, 0.25) is 6.23 Å². The Balaban J connectivity index is 1.47. The van der Waals surface area contributed by atoms with Crippen LogP contribution in [-0.4, -0.2) is 63.4 Å². The first-order valence-electron chi connectivity index (χ1n) is 11.7. The predicted molar refractivity (Wildman–Crippen MR) is 124 cm³/mol. The average molecular weight is 440 g/mol. The number of fused-ring (bicyclic) bond motifs is 3. The van der Waals surface area contributed by atoms with Crippen molar-refractivity contribution in [3.05, 3.63) is 66.2 Å². The monoisotopic (exact) mass is 439 g/mol. The van der Waals surface area contributed by atoms with Crippen LogP contribution in [0.25, 0.3) is 0 Å². The van der Waals surface area contributed by atoms with Gasteiger partial charge in [-0.15, -0.1) is 0 Å². The summed E-state index contributed by atoms with van der Waals surface area (Å²) in [5.41, 5.74) is 1.93. The van der Waals surface area contributed by atoms with Gasteiger partial charge in [0.1, 0.15) is 6.54 Å². The van der Waals surface area contributed by atoms with E-state index in [4.69, 9.17) is 14.2 Å². The number of hydrogen-bond acceptors (Lipinski definition) is 4. The summed E-state index contributed by atoms with van der Waals surface area (Å²) in [6.45, 7) is 5.34. The van der Waals surface area contributed by atoms with Crippen molar-refractivity contribution >= 4 is 11.8 Å². The fourth-order valence-electron chi connectivity index (χ4n) is 5.00. The van der Waals surface area contributed by atoms with Gasteiger partial charge in [0.25, 0.3) is 0 Å². The molecule has 2 aromatic carbocycles. The molecule has 1 unspecified atom stereocenters. The van der Waals surface area contributed by atoms with Crippen LogP contribution in [-0.2, 0) is 20.8 Å². The van der Waals surface area contributed by atoms with Gasteiger partial charge in [-0.25, -0.2) is 4.79 Å².